The van der Waals surface area contributed by atoms with E-state index in [1.54, 1.807) is 12.4 Å². The van der Waals surface area contributed by atoms with Gasteiger partial charge in [0.15, 0.2) is 0 Å². The highest BCUT2D eigenvalue weighted by molar-refractivity contribution is 5.82. The molecule has 5 heteroatoms. The minimum Gasteiger partial charge on any atom is -0.489 e. The predicted molar refractivity (Wildman–Crippen MR) is 118 cm³/mol. The highest BCUT2D eigenvalue weighted by atomic mass is 16.5. The molecule has 0 unspecified atom stereocenters. The summed E-state index contributed by atoms with van der Waals surface area (Å²) in [5.74, 6) is 1.32. The highest BCUT2D eigenvalue weighted by Crippen LogP contribution is 2.34. The molecule has 0 radical (unpaired) electrons. The molecule has 0 saturated heterocycles. The summed E-state index contributed by atoms with van der Waals surface area (Å²) in [5, 5.41) is 17.1. The molecular weight excluding hydrogens is 374 g/mol. The summed E-state index contributed by atoms with van der Waals surface area (Å²) in [6, 6.07) is 20.2. The number of ether oxygens (including phenoxy) is 1. The van der Waals surface area contributed by atoms with Crippen molar-refractivity contribution < 1.29 is 9.84 Å². The van der Waals surface area contributed by atoms with Crippen molar-refractivity contribution in [2.45, 2.75) is 33.0 Å². The molecule has 152 valence electrons. The maximum Gasteiger partial charge on any atom is 0.119 e. The van der Waals surface area contributed by atoms with E-state index in [0.717, 1.165) is 33.7 Å². The van der Waals surface area contributed by atoms with Gasteiger partial charge in [0, 0.05) is 23.5 Å². The van der Waals surface area contributed by atoms with Gasteiger partial charge in [0.25, 0.3) is 0 Å². The molecular formula is C25H25N3O2. The Balaban J connectivity index is 1.52. The summed E-state index contributed by atoms with van der Waals surface area (Å²) in [4.78, 5) is 4.07. The van der Waals surface area contributed by atoms with E-state index in [-0.39, 0.29) is 6.61 Å². The third kappa shape index (κ3) is 4.26. The van der Waals surface area contributed by atoms with Gasteiger partial charge in [-0.1, -0.05) is 50.2 Å². The molecule has 0 saturated carbocycles. The van der Waals surface area contributed by atoms with Crippen molar-refractivity contribution in [1.29, 1.82) is 0 Å². The van der Waals surface area contributed by atoms with Gasteiger partial charge in [-0.05, 0) is 46.9 Å². The first-order valence-electron chi connectivity index (χ1n) is 10.1. The first-order valence-corrected chi connectivity index (χ1v) is 10.1. The number of nitrogens with one attached hydrogen (secondary N) is 1. The monoisotopic (exact) mass is 399 g/mol. The molecule has 0 aliphatic heterocycles. The summed E-state index contributed by atoms with van der Waals surface area (Å²) in [5.41, 5.74) is 6.74. The quantitative estimate of drug-likeness (QED) is 0.440. The number of hydrogen-bond donors (Lipinski definition) is 2. The van der Waals surface area contributed by atoms with Crippen molar-refractivity contribution in [1.82, 2.24) is 15.2 Å². The molecule has 4 aromatic rings. The van der Waals surface area contributed by atoms with Gasteiger partial charge < -0.3 is 9.84 Å². The van der Waals surface area contributed by atoms with Crippen LogP contribution in [0.1, 0.15) is 36.6 Å². The van der Waals surface area contributed by atoms with Crippen LogP contribution in [0.5, 0.6) is 5.75 Å². The van der Waals surface area contributed by atoms with Gasteiger partial charge in [-0.2, -0.15) is 5.10 Å². The lowest BCUT2D eigenvalue weighted by atomic mass is 9.99. The summed E-state index contributed by atoms with van der Waals surface area (Å²) in [6.45, 7) is 4.79. The van der Waals surface area contributed by atoms with Crippen LogP contribution >= 0.6 is 0 Å². The number of benzene rings is 2. The Morgan fingerprint density at radius 1 is 0.900 bits per heavy atom. The summed E-state index contributed by atoms with van der Waals surface area (Å²) in [6.07, 6.45) is 3.47. The molecule has 2 aromatic carbocycles. The largest absolute Gasteiger partial charge is 0.489 e. The second kappa shape index (κ2) is 8.93. The fourth-order valence-electron chi connectivity index (χ4n) is 3.41. The molecule has 0 aliphatic carbocycles. The predicted octanol–water partition coefficient (Wildman–Crippen LogP) is 5.33. The second-order valence-electron chi connectivity index (χ2n) is 7.53. The minimum atomic E-state index is -0.113. The Hall–Kier alpha value is -3.44. The smallest absolute Gasteiger partial charge is 0.119 e. The van der Waals surface area contributed by atoms with Crippen LogP contribution in [0.4, 0.5) is 0 Å². The number of H-pyrrole nitrogens is 1. The topological polar surface area (TPSA) is 71.0 Å². The van der Waals surface area contributed by atoms with Gasteiger partial charge in [-0.25, -0.2) is 0 Å². The average molecular weight is 399 g/mol. The van der Waals surface area contributed by atoms with E-state index in [1.165, 1.54) is 5.56 Å². The molecule has 30 heavy (non-hydrogen) atoms. The van der Waals surface area contributed by atoms with Crippen molar-refractivity contribution in [2.75, 3.05) is 0 Å². The van der Waals surface area contributed by atoms with Crippen LogP contribution in [0.3, 0.4) is 0 Å². The number of aromatic amines is 1. The molecule has 2 N–H and O–H groups in total. The van der Waals surface area contributed by atoms with Gasteiger partial charge in [0.2, 0.25) is 0 Å². The molecule has 0 fully saturated rings. The number of aliphatic hydroxyl groups is 1. The van der Waals surface area contributed by atoms with Crippen molar-refractivity contribution in [2.24, 2.45) is 0 Å². The summed E-state index contributed by atoms with van der Waals surface area (Å²) < 4.78 is 5.96. The summed E-state index contributed by atoms with van der Waals surface area (Å²) in [7, 11) is 0. The Labute approximate surface area is 176 Å². The van der Waals surface area contributed by atoms with Gasteiger partial charge in [0.1, 0.15) is 18.1 Å². The molecule has 4 rings (SSSR count). The highest BCUT2D eigenvalue weighted by Gasteiger charge is 2.16. The molecule has 2 aromatic heterocycles. The standard InChI is InChI=1S/C25H25N3O2/c1-17(2)19-5-3-18(4-6-19)16-30-22-9-7-20(8-10-22)24-23(15-29)27-28-25(24)21-11-13-26-14-12-21/h3-14,17,29H,15-16H2,1-2H3,(H,27,28). The number of aliphatic hydroxyl groups excluding tert-OH is 1. The Morgan fingerprint density at radius 3 is 2.23 bits per heavy atom. The molecule has 0 bridgehead atoms. The van der Waals surface area contributed by atoms with E-state index in [9.17, 15) is 5.11 Å². The second-order valence-corrected chi connectivity index (χ2v) is 7.53. The van der Waals surface area contributed by atoms with Crippen LogP contribution in [-0.4, -0.2) is 20.3 Å². The fourth-order valence-corrected chi connectivity index (χ4v) is 3.41. The molecule has 0 aliphatic rings. The zero-order valence-corrected chi connectivity index (χ0v) is 17.2. The number of pyridine rings is 1. The van der Waals surface area contributed by atoms with Gasteiger partial charge in [-0.3, -0.25) is 10.1 Å². The van der Waals surface area contributed by atoms with Crippen LogP contribution in [0.25, 0.3) is 22.4 Å². The molecule has 0 atom stereocenters. The number of hydrogen-bond acceptors (Lipinski definition) is 4. The average Bonchev–Trinajstić information content (AvgIpc) is 3.23. The number of aromatic nitrogens is 3. The van der Waals surface area contributed by atoms with E-state index in [1.807, 2.05) is 36.4 Å². The minimum absolute atomic E-state index is 0.113. The maximum atomic E-state index is 9.75. The third-order valence-electron chi connectivity index (χ3n) is 5.15. The zero-order chi connectivity index (χ0) is 20.9. The van der Waals surface area contributed by atoms with Gasteiger partial charge in [-0.15, -0.1) is 0 Å². The van der Waals surface area contributed by atoms with Crippen molar-refractivity contribution in [3.8, 4) is 28.1 Å². The molecule has 0 amide bonds. The zero-order valence-electron chi connectivity index (χ0n) is 17.2. The van der Waals surface area contributed by atoms with Crippen molar-refractivity contribution in [3.05, 3.63) is 89.9 Å². The third-order valence-corrected chi connectivity index (χ3v) is 5.15. The summed E-state index contributed by atoms with van der Waals surface area (Å²) >= 11 is 0. The first kappa shape index (κ1) is 19.9. The number of nitrogens with zero attached hydrogens (tertiary/aromatic N) is 2. The van der Waals surface area contributed by atoms with Crippen LogP contribution in [0, 0.1) is 0 Å². The fraction of sp³-hybridized carbons (Fsp3) is 0.200. The van der Waals surface area contributed by atoms with Gasteiger partial charge >= 0.3 is 0 Å². The molecule has 5 nitrogen and oxygen atoms in total. The van der Waals surface area contributed by atoms with E-state index >= 15 is 0 Å². The Morgan fingerprint density at radius 2 is 1.60 bits per heavy atom. The van der Waals surface area contributed by atoms with Gasteiger partial charge in [0.05, 0.1) is 12.3 Å². The van der Waals surface area contributed by atoms with Crippen LogP contribution in [0.2, 0.25) is 0 Å². The van der Waals surface area contributed by atoms with E-state index in [0.29, 0.717) is 18.2 Å². The Kier molecular flexibility index (Phi) is 5.91. The van der Waals surface area contributed by atoms with E-state index in [2.05, 4.69) is 53.3 Å². The van der Waals surface area contributed by atoms with E-state index < -0.39 is 0 Å². The lowest BCUT2D eigenvalue weighted by Gasteiger charge is -2.10. The van der Waals surface area contributed by atoms with Crippen LogP contribution in [-0.2, 0) is 13.2 Å². The Bertz CT molecular complexity index is 1090. The van der Waals surface area contributed by atoms with E-state index in [4.69, 9.17) is 4.74 Å². The first-order chi connectivity index (χ1) is 14.7. The SMILES string of the molecule is CC(C)c1ccc(COc2ccc(-c3c(-c4ccncc4)n[nH]c3CO)cc2)cc1. The molecule has 2 heterocycles. The maximum absolute atomic E-state index is 9.75. The lowest BCUT2D eigenvalue weighted by molar-refractivity contribution is 0.277. The lowest BCUT2D eigenvalue weighted by Crippen LogP contribution is -1.96. The molecule has 0 spiro atoms. The van der Waals surface area contributed by atoms with Crippen molar-refractivity contribution >= 4 is 0 Å². The number of rotatable bonds is 7. The van der Waals surface area contributed by atoms with Crippen molar-refractivity contribution in [3.63, 3.8) is 0 Å². The normalized spacial score (nSPS) is 11.1. The van der Waals surface area contributed by atoms with Crippen LogP contribution in [0.15, 0.2) is 73.1 Å². The van der Waals surface area contributed by atoms with Crippen LogP contribution < -0.4 is 4.74 Å².